The van der Waals surface area contributed by atoms with Crippen molar-refractivity contribution >= 4 is 33.6 Å². The van der Waals surface area contributed by atoms with Crippen molar-refractivity contribution in [3.05, 3.63) is 63.6 Å². The highest BCUT2D eigenvalue weighted by molar-refractivity contribution is 9.10. The summed E-state index contributed by atoms with van der Waals surface area (Å²) in [5.74, 6) is 0.373. The van der Waals surface area contributed by atoms with Gasteiger partial charge in [-0.15, -0.1) is 11.8 Å². The SMILES string of the molecule is Cc1cc(Br)ccc1SCC(=O)NC(C)c1ccc(C#N)cc1. The van der Waals surface area contributed by atoms with E-state index in [9.17, 15) is 4.79 Å². The maximum atomic E-state index is 12.1. The Morgan fingerprint density at radius 3 is 2.61 bits per heavy atom. The minimum Gasteiger partial charge on any atom is -0.349 e. The van der Waals surface area contributed by atoms with Crippen LogP contribution in [0, 0.1) is 18.3 Å². The zero-order valence-corrected chi connectivity index (χ0v) is 15.4. The Kier molecular flexibility index (Phi) is 6.26. The largest absolute Gasteiger partial charge is 0.349 e. The minimum atomic E-state index is -0.0816. The molecule has 1 amide bonds. The number of hydrogen-bond donors (Lipinski definition) is 1. The van der Waals surface area contributed by atoms with E-state index in [4.69, 9.17) is 5.26 Å². The number of halogens is 1. The Hall–Kier alpha value is -1.77. The van der Waals surface area contributed by atoms with Crippen molar-refractivity contribution in [2.24, 2.45) is 0 Å². The molecule has 0 fully saturated rings. The molecule has 0 aliphatic carbocycles. The highest BCUT2D eigenvalue weighted by Crippen LogP contribution is 2.25. The average molecular weight is 389 g/mol. The topological polar surface area (TPSA) is 52.9 Å². The van der Waals surface area contributed by atoms with Crippen LogP contribution in [-0.2, 0) is 4.79 Å². The molecule has 5 heteroatoms. The molecule has 0 bridgehead atoms. The van der Waals surface area contributed by atoms with E-state index in [1.165, 1.54) is 11.8 Å². The van der Waals surface area contributed by atoms with Crippen LogP contribution in [0.5, 0.6) is 0 Å². The molecule has 0 saturated carbocycles. The molecule has 2 rings (SSSR count). The summed E-state index contributed by atoms with van der Waals surface area (Å²) in [5.41, 5.74) is 2.76. The molecule has 0 aliphatic heterocycles. The lowest BCUT2D eigenvalue weighted by molar-refractivity contribution is -0.119. The Labute approximate surface area is 149 Å². The molecule has 1 N–H and O–H groups in total. The number of carbonyl (C=O) groups is 1. The summed E-state index contributed by atoms with van der Waals surface area (Å²) in [6.45, 7) is 3.97. The van der Waals surface area contributed by atoms with E-state index >= 15 is 0 Å². The van der Waals surface area contributed by atoms with Crippen molar-refractivity contribution < 1.29 is 4.79 Å². The molecule has 0 aromatic heterocycles. The van der Waals surface area contributed by atoms with Crippen molar-refractivity contribution in [3.63, 3.8) is 0 Å². The van der Waals surface area contributed by atoms with Crippen LogP contribution >= 0.6 is 27.7 Å². The van der Waals surface area contributed by atoms with E-state index in [0.29, 0.717) is 11.3 Å². The zero-order chi connectivity index (χ0) is 16.8. The molecule has 2 aromatic rings. The van der Waals surface area contributed by atoms with Crippen LogP contribution in [0.25, 0.3) is 0 Å². The van der Waals surface area contributed by atoms with Gasteiger partial charge in [0.1, 0.15) is 0 Å². The molecule has 23 heavy (non-hydrogen) atoms. The van der Waals surface area contributed by atoms with E-state index in [2.05, 4.69) is 27.3 Å². The van der Waals surface area contributed by atoms with Crippen LogP contribution in [0.3, 0.4) is 0 Å². The van der Waals surface area contributed by atoms with Crippen molar-refractivity contribution in [2.75, 3.05) is 5.75 Å². The van der Waals surface area contributed by atoms with Crippen molar-refractivity contribution in [2.45, 2.75) is 24.8 Å². The summed E-state index contributed by atoms with van der Waals surface area (Å²) in [6.07, 6.45) is 0. The number of aryl methyl sites for hydroxylation is 1. The number of nitrogens with zero attached hydrogens (tertiary/aromatic N) is 1. The Morgan fingerprint density at radius 2 is 2.00 bits per heavy atom. The van der Waals surface area contributed by atoms with Gasteiger partial charge >= 0.3 is 0 Å². The Bertz CT molecular complexity index is 738. The number of amides is 1. The van der Waals surface area contributed by atoms with Crippen molar-refractivity contribution in [3.8, 4) is 6.07 Å². The summed E-state index contributed by atoms with van der Waals surface area (Å²) in [6, 6.07) is 15.3. The molecule has 3 nitrogen and oxygen atoms in total. The first-order valence-electron chi connectivity index (χ1n) is 7.18. The van der Waals surface area contributed by atoms with Crippen molar-refractivity contribution in [1.82, 2.24) is 5.32 Å². The predicted molar refractivity (Wildman–Crippen MR) is 97.3 cm³/mol. The van der Waals surface area contributed by atoms with E-state index in [-0.39, 0.29) is 11.9 Å². The highest BCUT2D eigenvalue weighted by atomic mass is 79.9. The quantitative estimate of drug-likeness (QED) is 0.761. The maximum absolute atomic E-state index is 12.1. The van der Waals surface area contributed by atoms with Crippen molar-refractivity contribution in [1.29, 1.82) is 5.26 Å². The van der Waals surface area contributed by atoms with Gasteiger partial charge in [0, 0.05) is 9.37 Å². The molecule has 2 aromatic carbocycles. The van der Waals surface area contributed by atoms with Gasteiger partial charge in [0.2, 0.25) is 5.91 Å². The first kappa shape index (κ1) is 17.6. The predicted octanol–water partition coefficient (Wildman–Crippen LogP) is 4.60. The fourth-order valence-corrected chi connectivity index (χ4v) is 3.43. The second-order valence-electron chi connectivity index (χ2n) is 5.22. The van der Waals surface area contributed by atoms with E-state index in [1.807, 2.05) is 44.2 Å². The van der Waals surface area contributed by atoms with Gasteiger partial charge in [-0.05, 0) is 55.3 Å². The highest BCUT2D eigenvalue weighted by Gasteiger charge is 2.10. The van der Waals surface area contributed by atoms with Crippen LogP contribution in [0.4, 0.5) is 0 Å². The lowest BCUT2D eigenvalue weighted by Crippen LogP contribution is -2.28. The van der Waals surface area contributed by atoms with Crippen LogP contribution in [-0.4, -0.2) is 11.7 Å². The number of benzene rings is 2. The van der Waals surface area contributed by atoms with Gasteiger partial charge in [-0.1, -0.05) is 28.1 Å². The van der Waals surface area contributed by atoms with Crippen LogP contribution in [0.15, 0.2) is 51.8 Å². The molecule has 0 spiro atoms. The monoisotopic (exact) mass is 388 g/mol. The van der Waals surface area contributed by atoms with Crippen LogP contribution in [0.2, 0.25) is 0 Å². The molecule has 0 saturated heterocycles. The smallest absolute Gasteiger partial charge is 0.230 e. The minimum absolute atomic E-state index is 0.00539. The maximum Gasteiger partial charge on any atom is 0.230 e. The number of nitrogens with one attached hydrogen (secondary N) is 1. The van der Waals surface area contributed by atoms with E-state index in [1.54, 1.807) is 12.1 Å². The summed E-state index contributed by atoms with van der Waals surface area (Å²) in [5, 5.41) is 11.8. The first-order chi connectivity index (χ1) is 11.0. The third-order valence-corrected chi connectivity index (χ3v) is 5.08. The lowest BCUT2D eigenvalue weighted by Gasteiger charge is -2.14. The number of rotatable bonds is 5. The second kappa shape index (κ2) is 8.19. The van der Waals surface area contributed by atoms with Gasteiger partial charge in [-0.3, -0.25) is 4.79 Å². The molecule has 0 radical (unpaired) electrons. The van der Waals surface area contributed by atoms with Gasteiger partial charge < -0.3 is 5.32 Å². The fourth-order valence-electron chi connectivity index (χ4n) is 2.13. The van der Waals surface area contributed by atoms with Crippen LogP contribution < -0.4 is 5.32 Å². The fraction of sp³-hybridized carbons (Fsp3) is 0.222. The summed E-state index contributed by atoms with van der Waals surface area (Å²) < 4.78 is 1.04. The summed E-state index contributed by atoms with van der Waals surface area (Å²) in [4.78, 5) is 13.2. The molecule has 1 atom stereocenters. The number of nitriles is 1. The molecule has 0 aliphatic rings. The molecule has 0 heterocycles. The number of thioether (sulfide) groups is 1. The number of carbonyl (C=O) groups excluding carboxylic acids is 1. The van der Waals surface area contributed by atoms with Gasteiger partial charge in [0.25, 0.3) is 0 Å². The van der Waals surface area contributed by atoms with Gasteiger partial charge in [-0.2, -0.15) is 5.26 Å². The lowest BCUT2D eigenvalue weighted by atomic mass is 10.1. The van der Waals surface area contributed by atoms with E-state index < -0.39 is 0 Å². The molecule has 118 valence electrons. The summed E-state index contributed by atoms with van der Waals surface area (Å²) in [7, 11) is 0. The Balaban J connectivity index is 1.89. The van der Waals surface area contributed by atoms with Gasteiger partial charge in [-0.25, -0.2) is 0 Å². The van der Waals surface area contributed by atoms with Crippen LogP contribution in [0.1, 0.15) is 29.7 Å². The first-order valence-corrected chi connectivity index (χ1v) is 8.96. The van der Waals surface area contributed by atoms with Gasteiger partial charge in [0.05, 0.1) is 23.4 Å². The number of hydrogen-bond acceptors (Lipinski definition) is 3. The summed E-state index contributed by atoms with van der Waals surface area (Å²) >= 11 is 4.97. The zero-order valence-electron chi connectivity index (χ0n) is 13.0. The third-order valence-electron chi connectivity index (χ3n) is 3.41. The average Bonchev–Trinajstić information content (AvgIpc) is 2.54. The molecule has 1 unspecified atom stereocenters. The Morgan fingerprint density at radius 1 is 1.30 bits per heavy atom. The normalized spacial score (nSPS) is 11.6. The van der Waals surface area contributed by atoms with Gasteiger partial charge in [0.15, 0.2) is 0 Å². The van der Waals surface area contributed by atoms with E-state index in [0.717, 1.165) is 20.5 Å². The third kappa shape index (κ3) is 5.12. The molecular formula is C18H17BrN2OS. The second-order valence-corrected chi connectivity index (χ2v) is 7.15. The standard InChI is InChI=1S/C18H17BrN2OS/c1-12-9-16(19)7-8-17(12)23-11-18(22)21-13(2)15-5-3-14(10-20)4-6-15/h3-9,13H,11H2,1-2H3,(H,21,22). The molecular weight excluding hydrogens is 372 g/mol.